The zero-order chi connectivity index (χ0) is 23.9. The molecule has 0 aliphatic heterocycles. The van der Waals surface area contributed by atoms with Crippen LogP contribution in [0.1, 0.15) is 60.4 Å². The molecule has 0 saturated carbocycles. The summed E-state index contributed by atoms with van der Waals surface area (Å²) in [5.41, 5.74) is -1.06. The number of carbonyl (C=O) groups excluding carboxylic acids is 1. The molecule has 2 rings (SSSR count). The van der Waals surface area contributed by atoms with Crippen LogP contribution < -0.4 is 4.74 Å². The number of benzene rings is 2. The molecule has 0 saturated heterocycles. The molecule has 0 heterocycles. The van der Waals surface area contributed by atoms with Gasteiger partial charge in [-0.05, 0) is 58.4 Å². The fourth-order valence-corrected chi connectivity index (χ4v) is 2.86. The Hall–Kier alpha value is -2.84. The van der Waals surface area contributed by atoms with Crippen LogP contribution in [0.25, 0.3) is 0 Å². The van der Waals surface area contributed by atoms with Crippen molar-refractivity contribution in [1.82, 2.24) is 0 Å². The normalized spacial score (nSPS) is 11.6. The average molecular weight is 450 g/mol. The molecule has 0 radical (unpaired) electrons. The maximum Gasteiger partial charge on any atom is 0.335 e. The Labute approximate surface area is 186 Å². The van der Waals surface area contributed by atoms with Crippen molar-refractivity contribution in [1.29, 1.82) is 0 Å². The summed E-state index contributed by atoms with van der Waals surface area (Å²) in [6, 6.07) is 6.97. The number of carbonyl (C=O) groups is 2. The van der Waals surface area contributed by atoms with Crippen molar-refractivity contribution < 1.29 is 37.7 Å². The predicted octanol–water partition coefficient (Wildman–Crippen LogP) is 4.88. The number of ether oxygens (including phenoxy) is 3. The molecule has 0 amide bonds. The summed E-state index contributed by atoms with van der Waals surface area (Å²) >= 11 is 0. The number of carboxylic acids is 1. The second-order valence-electron chi connectivity index (χ2n) is 8.07. The van der Waals surface area contributed by atoms with Crippen molar-refractivity contribution in [2.75, 3.05) is 19.8 Å². The molecule has 32 heavy (non-hydrogen) atoms. The zero-order valence-electron chi connectivity index (χ0n) is 18.6. The Morgan fingerprint density at radius 3 is 2.19 bits per heavy atom. The number of rotatable bonds is 12. The minimum Gasteiger partial charge on any atom is -0.490 e. The summed E-state index contributed by atoms with van der Waals surface area (Å²) in [7, 11) is 0. The average Bonchev–Trinajstić information content (AvgIpc) is 2.73. The number of hydrogen-bond donors (Lipinski definition) is 1. The first-order chi connectivity index (χ1) is 15.0. The number of halogens is 2. The van der Waals surface area contributed by atoms with Crippen LogP contribution in [0.4, 0.5) is 8.78 Å². The van der Waals surface area contributed by atoms with Gasteiger partial charge < -0.3 is 19.3 Å². The van der Waals surface area contributed by atoms with Crippen molar-refractivity contribution >= 4 is 11.8 Å². The van der Waals surface area contributed by atoms with E-state index in [2.05, 4.69) is 0 Å². The third-order valence-corrected chi connectivity index (χ3v) is 4.67. The second-order valence-corrected chi connectivity index (χ2v) is 8.07. The molecule has 0 bridgehead atoms. The van der Waals surface area contributed by atoms with E-state index in [-0.39, 0.29) is 36.2 Å². The first kappa shape index (κ1) is 25.4. The lowest BCUT2D eigenvalue weighted by Crippen LogP contribution is -2.29. The lowest BCUT2D eigenvalue weighted by molar-refractivity contribution is -0.0552. The molecule has 0 aliphatic rings. The molecular weight excluding hydrogens is 422 g/mol. The van der Waals surface area contributed by atoms with Gasteiger partial charge in [-0.1, -0.05) is 12.1 Å². The Morgan fingerprint density at radius 2 is 1.59 bits per heavy atom. The van der Waals surface area contributed by atoms with Crippen LogP contribution in [0.2, 0.25) is 0 Å². The minimum absolute atomic E-state index is 0.00638. The highest BCUT2D eigenvalue weighted by Gasteiger charge is 2.24. The van der Waals surface area contributed by atoms with Gasteiger partial charge in [0, 0.05) is 12.2 Å². The Morgan fingerprint density at radius 1 is 0.969 bits per heavy atom. The highest BCUT2D eigenvalue weighted by atomic mass is 19.2. The maximum atomic E-state index is 14.5. The van der Waals surface area contributed by atoms with Gasteiger partial charge in [-0.2, -0.15) is 0 Å². The number of hydrogen-bond acceptors (Lipinski definition) is 5. The summed E-state index contributed by atoms with van der Waals surface area (Å²) < 4.78 is 45.2. The van der Waals surface area contributed by atoms with E-state index in [1.54, 1.807) is 0 Å². The molecule has 0 atom stereocenters. The van der Waals surface area contributed by atoms with Crippen LogP contribution in [-0.2, 0) is 9.47 Å². The van der Waals surface area contributed by atoms with Crippen molar-refractivity contribution in [3.05, 3.63) is 64.7 Å². The molecule has 0 fully saturated rings. The number of aromatic carboxylic acids is 1. The van der Waals surface area contributed by atoms with Crippen LogP contribution in [0, 0.1) is 11.6 Å². The van der Waals surface area contributed by atoms with Gasteiger partial charge in [0.1, 0.15) is 17.9 Å². The van der Waals surface area contributed by atoms with Gasteiger partial charge >= 0.3 is 5.97 Å². The van der Waals surface area contributed by atoms with E-state index in [1.165, 1.54) is 30.3 Å². The van der Waals surface area contributed by atoms with E-state index in [1.807, 2.05) is 27.7 Å². The lowest BCUT2D eigenvalue weighted by Gasteiger charge is -2.26. The molecule has 0 aliphatic carbocycles. The topological polar surface area (TPSA) is 82.1 Å². The van der Waals surface area contributed by atoms with Gasteiger partial charge in [0.15, 0.2) is 17.4 Å². The molecule has 1 N–H and O–H groups in total. The second kappa shape index (κ2) is 11.2. The third kappa shape index (κ3) is 7.10. The summed E-state index contributed by atoms with van der Waals surface area (Å²) in [6.45, 7) is 8.42. The van der Waals surface area contributed by atoms with Crippen molar-refractivity contribution in [2.45, 2.75) is 45.8 Å². The maximum absolute atomic E-state index is 14.5. The smallest absolute Gasteiger partial charge is 0.335 e. The first-order valence-electron chi connectivity index (χ1n) is 10.3. The van der Waals surface area contributed by atoms with Crippen LogP contribution in [0.15, 0.2) is 36.4 Å². The van der Waals surface area contributed by atoms with E-state index >= 15 is 0 Å². The van der Waals surface area contributed by atoms with Gasteiger partial charge in [-0.25, -0.2) is 13.6 Å². The molecule has 8 heteroatoms. The Kier molecular flexibility index (Phi) is 8.86. The van der Waals surface area contributed by atoms with Crippen LogP contribution in [-0.4, -0.2) is 48.4 Å². The van der Waals surface area contributed by atoms with E-state index in [4.69, 9.17) is 19.3 Å². The fourth-order valence-electron chi connectivity index (χ4n) is 2.86. The third-order valence-electron chi connectivity index (χ3n) is 4.67. The van der Waals surface area contributed by atoms with Gasteiger partial charge in [-0.15, -0.1) is 0 Å². The van der Waals surface area contributed by atoms with Gasteiger partial charge in [0.05, 0.1) is 23.9 Å². The summed E-state index contributed by atoms with van der Waals surface area (Å²) in [5, 5.41) is 8.97. The molecule has 174 valence electrons. The minimum atomic E-state index is -1.33. The summed E-state index contributed by atoms with van der Waals surface area (Å²) in [4.78, 5) is 23.8. The van der Waals surface area contributed by atoms with Gasteiger partial charge in [0.2, 0.25) is 0 Å². The number of carboxylic acid groups (broad SMARTS) is 1. The van der Waals surface area contributed by atoms with E-state index in [9.17, 15) is 18.4 Å². The summed E-state index contributed by atoms with van der Waals surface area (Å²) in [6.07, 6.45) is 0.783. The van der Waals surface area contributed by atoms with Crippen LogP contribution in [0.3, 0.4) is 0 Å². The quantitative estimate of drug-likeness (QED) is 0.367. The Balaban J connectivity index is 2.07. The molecule has 0 unspecified atom stereocenters. The van der Waals surface area contributed by atoms with E-state index < -0.39 is 34.6 Å². The van der Waals surface area contributed by atoms with Crippen molar-refractivity contribution in [3.63, 3.8) is 0 Å². The highest BCUT2D eigenvalue weighted by molar-refractivity contribution is 6.11. The fraction of sp³-hybridized carbons (Fsp3) is 0.417. The van der Waals surface area contributed by atoms with Crippen LogP contribution >= 0.6 is 0 Å². The van der Waals surface area contributed by atoms with Gasteiger partial charge in [-0.3, -0.25) is 4.79 Å². The van der Waals surface area contributed by atoms with E-state index in [0.717, 1.165) is 6.07 Å². The number of ketones is 1. The monoisotopic (exact) mass is 450 g/mol. The molecule has 2 aromatic carbocycles. The predicted molar refractivity (Wildman–Crippen MR) is 114 cm³/mol. The molecule has 2 aromatic rings. The molecular formula is C24H28F2O6. The summed E-state index contributed by atoms with van der Waals surface area (Å²) in [5.74, 6) is -4.63. The Bertz CT molecular complexity index is 938. The van der Waals surface area contributed by atoms with Crippen molar-refractivity contribution in [2.24, 2.45) is 0 Å². The van der Waals surface area contributed by atoms with E-state index in [0.29, 0.717) is 13.0 Å². The largest absolute Gasteiger partial charge is 0.490 e. The SMILES string of the molecule is CC(C)OCCC(C)(C)OCCOc1ccc(F)c(F)c1C(=O)c1ccc(C(=O)O)cc1. The zero-order valence-corrected chi connectivity index (χ0v) is 18.6. The first-order valence-corrected chi connectivity index (χ1v) is 10.3. The standard InChI is InChI=1S/C24H28F2O6/c1-15(2)30-12-11-24(3,4)32-14-13-31-19-10-9-18(25)21(26)20(19)22(27)16-5-7-17(8-6-16)23(28)29/h5-10,15H,11-14H2,1-4H3,(H,28,29). The molecule has 0 spiro atoms. The highest BCUT2D eigenvalue weighted by Crippen LogP contribution is 2.27. The van der Waals surface area contributed by atoms with Crippen molar-refractivity contribution in [3.8, 4) is 5.75 Å². The van der Waals surface area contributed by atoms with Crippen LogP contribution in [0.5, 0.6) is 5.75 Å². The van der Waals surface area contributed by atoms with Gasteiger partial charge in [0.25, 0.3) is 0 Å². The molecule has 0 aromatic heterocycles. The molecule has 6 nitrogen and oxygen atoms in total. The lowest BCUT2D eigenvalue weighted by atomic mass is 10.0.